The largest absolute Gasteiger partial charge is 0.462 e. The average molecular weight is 1120 g/mol. The van der Waals surface area contributed by atoms with Crippen molar-refractivity contribution in [2.45, 2.75) is 271 Å². The zero-order valence-corrected chi connectivity index (χ0v) is 52.0. The van der Waals surface area contributed by atoms with Crippen LogP contribution in [0, 0.1) is 0 Å². The number of hydrogen-bond acceptors (Lipinski definition) is 6. The van der Waals surface area contributed by atoms with E-state index in [9.17, 15) is 14.4 Å². The molecule has 0 aromatic heterocycles. The van der Waals surface area contributed by atoms with E-state index in [1.54, 1.807) is 0 Å². The van der Waals surface area contributed by atoms with E-state index in [2.05, 4.69) is 191 Å². The lowest BCUT2D eigenvalue weighted by Crippen LogP contribution is -2.30. The summed E-state index contributed by atoms with van der Waals surface area (Å²) in [6, 6.07) is 0. The number of esters is 3. The third-order valence-corrected chi connectivity index (χ3v) is 13.2. The Morgan fingerprint density at radius 1 is 0.247 bits per heavy atom. The molecule has 81 heavy (non-hydrogen) atoms. The van der Waals surface area contributed by atoms with Crippen LogP contribution >= 0.6 is 0 Å². The molecule has 1 atom stereocenters. The van der Waals surface area contributed by atoms with Crippen LogP contribution in [0.3, 0.4) is 0 Å². The first-order valence-corrected chi connectivity index (χ1v) is 32.6. The van der Waals surface area contributed by atoms with Crippen molar-refractivity contribution in [2.24, 2.45) is 0 Å². The van der Waals surface area contributed by atoms with Gasteiger partial charge in [-0.1, -0.05) is 274 Å². The molecule has 0 saturated carbocycles. The Morgan fingerprint density at radius 2 is 0.457 bits per heavy atom. The van der Waals surface area contributed by atoms with E-state index in [-0.39, 0.29) is 37.5 Å². The normalized spacial score (nSPS) is 13.3. The van der Waals surface area contributed by atoms with E-state index in [0.29, 0.717) is 19.3 Å². The number of rotatable bonds is 57. The highest BCUT2D eigenvalue weighted by Crippen LogP contribution is 2.15. The molecular formula is C75H118O6. The maximum absolute atomic E-state index is 12.9. The van der Waals surface area contributed by atoms with Gasteiger partial charge in [-0.05, 0) is 141 Å². The molecule has 0 bridgehead atoms. The van der Waals surface area contributed by atoms with Crippen LogP contribution in [0.15, 0.2) is 170 Å². The molecule has 0 aliphatic rings. The Labute approximate surface area is 498 Å². The van der Waals surface area contributed by atoms with E-state index < -0.39 is 6.10 Å². The predicted octanol–water partition coefficient (Wildman–Crippen LogP) is 22.7. The first-order chi connectivity index (χ1) is 40.0. The minimum absolute atomic E-state index is 0.113. The van der Waals surface area contributed by atoms with Gasteiger partial charge < -0.3 is 14.2 Å². The third-order valence-electron chi connectivity index (χ3n) is 13.2. The second kappa shape index (κ2) is 67.3. The topological polar surface area (TPSA) is 78.9 Å². The Hall–Kier alpha value is -5.23. The van der Waals surface area contributed by atoms with Crippen LogP contribution in [0.4, 0.5) is 0 Å². The van der Waals surface area contributed by atoms with Crippen LogP contribution in [0.5, 0.6) is 0 Å². The molecule has 0 aromatic rings. The zero-order chi connectivity index (χ0) is 58.5. The van der Waals surface area contributed by atoms with Crippen molar-refractivity contribution in [3.63, 3.8) is 0 Å². The molecule has 0 aliphatic carbocycles. The van der Waals surface area contributed by atoms with E-state index >= 15 is 0 Å². The third kappa shape index (κ3) is 65.5. The first-order valence-electron chi connectivity index (χ1n) is 32.6. The maximum Gasteiger partial charge on any atom is 0.306 e. The van der Waals surface area contributed by atoms with Crippen LogP contribution in [-0.4, -0.2) is 37.2 Å². The minimum Gasteiger partial charge on any atom is -0.462 e. The van der Waals surface area contributed by atoms with Crippen molar-refractivity contribution in [1.29, 1.82) is 0 Å². The fraction of sp³-hybridized carbons (Fsp3) is 0.587. The van der Waals surface area contributed by atoms with E-state index in [0.717, 1.165) is 148 Å². The molecule has 0 heterocycles. The Balaban J connectivity index is 4.42. The summed E-state index contributed by atoms with van der Waals surface area (Å²) in [6.45, 7) is 6.24. The molecule has 0 rings (SSSR count). The summed E-state index contributed by atoms with van der Waals surface area (Å²) in [5.41, 5.74) is 0. The van der Waals surface area contributed by atoms with E-state index in [1.807, 2.05) is 0 Å². The molecule has 0 saturated heterocycles. The summed E-state index contributed by atoms with van der Waals surface area (Å²) in [4.78, 5) is 38.3. The standard InChI is InChI=1S/C75H118O6/c1-4-7-10-13-16-19-22-25-28-31-32-33-34-35-36-37-38-39-40-41-42-45-47-50-53-56-59-62-65-68-74(77)80-71-72(81-75(78)69-66-63-60-57-54-51-48-44-30-27-24-21-18-15-12-9-6-3)70-79-73(76)67-64-61-58-55-52-49-46-43-29-26-23-20-17-14-11-8-5-2/h7-12,16-21,25-30,32-33,35-36,38-39,48,51,57,60,72H,4-6,13-15,22-24,31,34,37,40-47,49-50,52-56,58-59,61-71H2,1-3H3/b10-7-,11-8-,12-9-,19-16-,20-17-,21-18-,28-25-,29-26-,30-27-,33-32-,36-35-,39-38-,51-48-,60-57-. The summed E-state index contributed by atoms with van der Waals surface area (Å²) < 4.78 is 16.9. The molecule has 1 unspecified atom stereocenters. The van der Waals surface area contributed by atoms with E-state index in [1.165, 1.54) is 70.6 Å². The number of carbonyl (C=O) groups is 3. The fourth-order valence-electron chi connectivity index (χ4n) is 8.44. The summed E-state index contributed by atoms with van der Waals surface area (Å²) in [5.74, 6) is -0.989. The van der Waals surface area contributed by atoms with Crippen LogP contribution in [0.25, 0.3) is 0 Å². The molecule has 0 amide bonds. The maximum atomic E-state index is 12.9. The molecule has 0 fully saturated rings. The number of hydrogen-bond donors (Lipinski definition) is 0. The van der Waals surface area contributed by atoms with Crippen LogP contribution in [0.1, 0.15) is 265 Å². The Bertz CT molecular complexity index is 1860. The van der Waals surface area contributed by atoms with E-state index in [4.69, 9.17) is 14.2 Å². The average Bonchev–Trinajstić information content (AvgIpc) is 3.47. The second-order valence-electron chi connectivity index (χ2n) is 20.9. The van der Waals surface area contributed by atoms with Crippen LogP contribution in [-0.2, 0) is 28.6 Å². The van der Waals surface area contributed by atoms with Crippen molar-refractivity contribution in [3.8, 4) is 0 Å². The quantitative estimate of drug-likeness (QED) is 0.0261. The summed E-state index contributed by atoms with van der Waals surface area (Å²) in [5, 5.41) is 0. The number of allylic oxidation sites excluding steroid dienone is 28. The molecule has 454 valence electrons. The highest BCUT2D eigenvalue weighted by atomic mass is 16.6. The Kier molecular flexibility index (Phi) is 62.9. The number of unbranched alkanes of at least 4 members (excludes halogenated alkanes) is 18. The molecular weight excluding hydrogens is 997 g/mol. The summed E-state index contributed by atoms with van der Waals surface area (Å²) in [6.07, 6.45) is 99.4. The lowest BCUT2D eigenvalue weighted by atomic mass is 10.1. The molecule has 0 spiro atoms. The minimum atomic E-state index is -0.824. The monoisotopic (exact) mass is 1110 g/mol. The highest BCUT2D eigenvalue weighted by molar-refractivity contribution is 5.71. The van der Waals surface area contributed by atoms with Crippen molar-refractivity contribution < 1.29 is 28.6 Å². The van der Waals surface area contributed by atoms with Gasteiger partial charge in [-0.25, -0.2) is 0 Å². The van der Waals surface area contributed by atoms with Gasteiger partial charge in [0.05, 0.1) is 0 Å². The summed E-state index contributed by atoms with van der Waals surface area (Å²) >= 11 is 0. The molecule has 0 aromatic carbocycles. The lowest BCUT2D eigenvalue weighted by molar-refractivity contribution is -0.167. The van der Waals surface area contributed by atoms with Crippen LogP contribution < -0.4 is 0 Å². The molecule has 0 aliphatic heterocycles. The van der Waals surface area contributed by atoms with Gasteiger partial charge >= 0.3 is 17.9 Å². The van der Waals surface area contributed by atoms with Gasteiger partial charge in [0.2, 0.25) is 0 Å². The Morgan fingerprint density at radius 3 is 0.728 bits per heavy atom. The fourth-order valence-corrected chi connectivity index (χ4v) is 8.44. The van der Waals surface area contributed by atoms with Crippen molar-refractivity contribution in [1.82, 2.24) is 0 Å². The molecule has 6 nitrogen and oxygen atoms in total. The molecule has 6 heteroatoms. The number of ether oxygens (including phenoxy) is 3. The zero-order valence-electron chi connectivity index (χ0n) is 52.0. The van der Waals surface area contributed by atoms with Gasteiger partial charge in [0, 0.05) is 19.3 Å². The van der Waals surface area contributed by atoms with Gasteiger partial charge in [0.15, 0.2) is 6.10 Å². The first kappa shape index (κ1) is 75.8. The van der Waals surface area contributed by atoms with Crippen molar-refractivity contribution in [2.75, 3.05) is 13.2 Å². The predicted molar refractivity (Wildman–Crippen MR) is 352 cm³/mol. The van der Waals surface area contributed by atoms with Crippen molar-refractivity contribution >= 4 is 17.9 Å². The second-order valence-corrected chi connectivity index (χ2v) is 20.9. The van der Waals surface area contributed by atoms with Gasteiger partial charge in [-0.2, -0.15) is 0 Å². The van der Waals surface area contributed by atoms with Crippen LogP contribution in [0.2, 0.25) is 0 Å². The SMILES string of the molecule is CC/C=C\C/C=C\C/C=C\C/C=C\C/C=C\C/C=C\CCCCCCCCCCCCC(=O)OCC(COC(=O)CCCCCCCCC/C=C\C/C=C\C/C=C\CC)OC(=O)CCC/C=C\C/C=C\C/C=C\C/C=C\C/C=C\CC. The lowest BCUT2D eigenvalue weighted by Gasteiger charge is -2.18. The highest BCUT2D eigenvalue weighted by Gasteiger charge is 2.19. The smallest absolute Gasteiger partial charge is 0.306 e. The molecule has 0 N–H and O–H groups in total. The molecule has 0 radical (unpaired) electrons. The van der Waals surface area contributed by atoms with Gasteiger partial charge in [-0.15, -0.1) is 0 Å². The van der Waals surface area contributed by atoms with Crippen molar-refractivity contribution in [3.05, 3.63) is 170 Å². The number of carbonyl (C=O) groups excluding carboxylic acids is 3. The van der Waals surface area contributed by atoms with Gasteiger partial charge in [0.25, 0.3) is 0 Å². The van der Waals surface area contributed by atoms with Gasteiger partial charge in [-0.3, -0.25) is 14.4 Å². The van der Waals surface area contributed by atoms with Gasteiger partial charge in [0.1, 0.15) is 13.2 Å². The summed E-state index contributed by atoms with van der Waals surface area (Å²) in [7, 11) is 0.